The van der Waals surface area contributed by atoms with Crippen LogP contribution >= 0.6 is 0 Å². The Kier molecular flexibility index (Phi) is 6.34. The molecule has 134 valence electrons. The van der Waals surface area contributed by atoms with Gasteiger partial charge in [-0.15, -0.1) is 0 Å². The molecule has 2 aromatic rings. The summed E-state index contributed by atoms with van der Waals surface area (Å²) >= 11 is 0. The third kappa shape index (κ3) is 4.61. The first-order valence-corrected chi connectivity index (χ1v) is 8.13. The normalized spacial score (nSPS) is 12.5. The number of para-hydroxylation sites is 1. The SMILES string of the molecule is CC(Oc1ccccc1C#N)C(=O)N(C)C(Cc1ccccc1)C(=O)O. The number of likely N-dealkylation sites (N-methyl/N-ethyl adjacent to an activating group) is 1. The molecule has 0 fully saturated rings. The van der Waals surface area contributed by atoms with Gasteiger partial charge in [0.15, 0.2) is 6.10 Å². The Hall–Kier alpha value is -3.33. The molecule has 26 heavy (non-hydrogen) atoms. The lowest BCUT2D eigenvalue weighted by molar-refractivity contribution is -0.151. The van der Waals surface area contributed by atoms with Gasteiger partial charge in [0.05, 0.1) is 5.56 Å². The molecule has 0 aliphatic rings. The van der Waals surface area contributed by atoms with E-state index in [0.717, 1.165) is 5.56 Å². The van der Waals surface area contributed by atoms with Gasteiger partial charge in [-0.25, -0.2) is 4.79 Å². The lowest BCUT2D eigenvalue weighted by Gasteiger charge is -2.28. The van der Waals surface area contributed by atoms with Crippen LogP contribution in [0.5, 0.6) is 5.75 Å². The summed E-state index contributed by atoms with van der Waals surface area (Å²) in [6, 6.07) is 16.7. The molecule has 6 nitrogen and oxygen atoms in total. The first kappa shape index (κ1) is 19.0. The zero-order valence-electron chi connectivity index (χ0n) is 14.6. The number of rotatable bonds is 7. The van der Waals surface area contributed by atoms with Crippen LogP contribution in [0, 0.1) is 11.3 Å². The molecule has 0 bridgehead atoms. The maximum absolute atomic E-state index is 12.6. The Bertz CT molecular complexity index is 814. The summed E-state index contributed by atoms with van der Waals surface area (Å²) in [4.78, 5) is 25.5. The van der Waals surface area contributed by atoms with Gasteiger partial charge in [0.1, 0.15) is 17.9 Å². The van der Waals surface area contributed by atoms with Crippen molar-refractivity contribution in [3.63, 3.8) is 0 Å². The number of carboxylic acids is 1. The second kappa shape index (κ2) is 8.67. The Balaban J connectivity index is 2.12. The van der Waals surface area contributed by atoms with Gasteiger partial charge < -0.3 is 14.7 Å². The van der Waals surface area contributed by atoms with Gasteiger partial charge in [-0.2, -0.15) is 5.26 Å². The number of amides is 1. The smallest absolute Gasteiger partial charge is 0.326 e. The Labute approximate surface area is 152 Å². The minimum absolute atomic E-state index is 0.194. The molecular formula is C20H20N2O4. The summed E-state index contributed by atoms with van der Waals surface area (Å²) in [6.45, 7) is 1.54. The van der Waals surface area contributed by atoms with Gasteiger partial charge in [0.2, 0.25) is 0 Å². The third-order valence-corrected chi connectivity index (χ3v) is 4.03. The van der Waals surface area contributed by atoms with Crippen LogP contribution in [-0.2, 0) is 16.0 Å². The molecule has 1 amide bonds. The molecule has 2 aromatic carbocycles. The van der Waals surface area contributed by atoms with Gasteiger partial charge in [-0.05, 0) is 24.6 Å². The summed E-state index contributed by atoms with van der Waals surface area (Å²) in [5.41, 5.74) is 1.14. The van der Waals surface area contributed by atoms with Crippen LogP contribution in [0.4, 0.5) is 0 Å². The molecule has 1 N–H and O–H groups in total. The minimum atomic E-state index is -1.09. The highest BCUT2D eigenvalue weighted by Gasteiger charge is 2.30. The molecular weight excluding hydrogens is 332 g/mol. The zero-order valence-corrected chi connectivity index (χ0v) is 14.6. The minimum Gasteiger partial charge on any atom is -0.480 e. The van der Waals surface area contributed by atoms with E-state index >= 15 is 0 Å². The number of hydrogen-bond acceptors (Lipinski definition) is 4. The van der Waals surface area contributed by atoms with Gasteiger partial charge in [0.25, 0.3) is 5.91 Å². The average molecular weight is 352 g/mol. The molecule has 2 unspecified atom stereocenters. The van der Waals surface area contributed by atoms with Crippen molar-refractivity contribution in [2.45, 2.75) is 25.5 Å². The molecule has 6 heteroatoms. The lowest BCUT2D eigenvalue weighted by Crippen LogP contribution is -2.48. The lowest BCUT2D eigenvalue weighted by atomic mass is 10.0. The van der Waals surface area contributed by atoms with E-state index in [4.69, 9.17) is 10.00 Å². The number of benzene rings is 2. The fourth-order valence-electron chi connectivity index (χ4n) is 2.57. The highest BCUT2D eigenvalue weighted by molar-refractivity contribution is 5.86. The van der Waals surface area contributed by atoms with Gasteiger partial charge in [-0.3, -0.25) is 4.79 Å². The fraction of sp³-hybridized carbons (Fsp3) is 0.250. The van der Waals surface area contributed by atoms with Crippen LogP contribution in [0.1, 0.15) is 18.1 Å². The summed E-state index contributed by atoms with van der Waals surface area (Å²) in [7, 11) is 1.44. The average Bonchev–Trinajstić information content (AvgIpc) is 2.66. The second-order valence-corrected chi connectivity index (χ2v) is 5.86. The van der Waals surface area contributed by atoms with E-state index in [1.807, 2.05) is 36.4 Å². The Morgan fingerprint density at radius 2 is 1.77 bits per heavy atom. The van der Waals surface area contributed by atoms with E-state index in [1.54, 1.807) is 24.3 Å². The number of carboxylic acid groups (broad SMARTS) is 1. The van der Waals surface area contributed by atoms with Gasteiger partial charge in [-0.1, -0.05) is 42.5 Å². The summed E-state index contributed by atoms with van der Waals surface area (Å²) in [5.74, 6) is -1.27. The van der Waals surface area contributed by atoms with Crippen molar-refractivity contribution in [2.75, 3.05) is 7.05 Å². The predicted octanol–water partition coefficient (Wildman–Crippen LogP) is 2.48. The van der Waals surface area contributed by atoms with Crippen LogP contribution < -0.4 is 4.74 Å². The number of hydrogen-bond donors (Lipinski definition) is 1. The van der Waals surface area contributed by atoms with Crippen molar-refractivity contribution in [2.24, 2.45) is 0 Å². The molecule has 0 aliphatic heterocycles. The van der Waals surface area contributed by atoms with E-state index in [9.17, 15) is 14.7 Å². The van der Waals surface area contributed by atoms with Crippen LogP contribution in [0.3, 0.4) is 0 Å². The van der Waals surface area contributed by atoms with E-state index in [0.29, 0.717) is 11.3 Å². The van der Waals surface area contributed by atoms with Crippen LogP contribution in [-0.4, -0.2) is 41.1 Å². The van der Waals surface area contributed by atoms with Crippen molar-refractivity contribution in [1.82, 2.24) is 4.90 Å². The number of ether oxygens (including phenoxy) is 1. The first-order valence-electron chi connectivity index (χ1n) is 8.13. The number of carbonyl (C=O) groups excluding carboxylic acids is 1. The highest BCUT2D eigenvalue weighted by atomic mass is 16.5. The zero-order chi connectivity index (χ0) is 19.1. The maximum Gasteiger partial charge on any atom is 0.326 e. The highest BCUT2D eigenvalue weighted by Crippen LogP contribution is 2.19. The number of aliphatic carboxylic acids is 1. The molecule has 0 saturated carbocycles. The van der Waals surface area contributed by atoms with Gasteiger partial charge >= 0.3 is 5.97 Å². The van der Waals surface area contributed by atoms with Crippen molar-refractivity contribution in [3.8, 4) is 11.8 Å². The third-order valence-electron chi connectivity index (χ3n) is 4.03. The molecule has 2 atom stereocenters. The molecule has 0 aliphatic carbocycles. The maximum atomic E-state index is 12.6. The predicted molar refractivity (Wildman–Crippen MR) is 95.6 cm³/mol. The largest absolute Gasteiger partial charge is 0.480 e. The van der Waals surface area contributed by atoms with Crippen LogP contribution in [0.15, 0.2) is 54.6 Å². The topological polar surface area (TPSA) is 90.6 Å². The Morgan fingerprint density at radius 3 is 2.38 bits per heavy atom. The summed E-state index contributed by atoms with van der Waals surface area (Å²) < 4.78 is 5.59. The van der Waals surface area contributed by atoms with Crippen LogP contribution in [0.2, 0.25) is 0 Å². The fourth-order valence-corrected chi connectivity index (χ4v) is 2.57. The Morgan fingerprint density at radius 1 is 1.15 bits per heavy atom. The van der Waals surface area contributed by atoms with Crippen molar-refractivity contribution < 1.29 is 19.4 Å². The van der Waals surface area contributed by atoms with Crippen molar-refractivity contribution in [1.29, 1.82) is 5.26 Å². The molecule has 0 aromatic heterocycles. The summed E-state index contributed by atoms with van der Waals surface area (Å²) in [6.07, 6.45) is -0.730. The second-order valence-electron chi connectivity index (χ2n) is 5.86. The molecule has 0 radical (unpaired) electrons. The van der Waals surface area contributed by atoms with E-state index in [2.05, 4.69) is 0 Å². The summed E-state index contributed by atoms with van der Waals surface area (Å²) in [5, 5.41) is 18.6. The number of nitriles is 1. The van der Waals surface area contributed by atoms with Crippen LogP contribution in [0.25, 0.3) is 0 Å². The van der Waals surface area contributed by atoms with Gasteiger partial charge in [0, 0.05) is 13.5 Å². The van der Waals surface area contributed by atoms with E-state index in [1.165, 1.54) is 18.9 Å². The standard InChI is InChI=1S/C20H20N2O4/c1-14(26-18-11-7-6-10-16(18)13-21)19(23)22(2)17(20(24)25)12-15-8-4-3-5-9-15/h3-11,14,17H,12H2,1-2H3,(H,24,25). The number of carbonyl (C=O) groups is 2. The van der Waals surface area contributed by atoms with E-state index in [-0.39, 0.29) is 6.42 Å². The first-order chi connectivity index (χ1) is 12.4. The van der Waals surface area contributed by atoms with Crippen molar-refractivity contribution in [3.05, 3.63) is 65.7 Å². The monoisotopic (exact) mass is 352 g/mol. The quantitative estimate of drug-likeness (QED) is 0.827. The molecule has 0 saturated heterocycles. The molecule has 0 heterocycles. The number of nitrogens with zero attached hydrogens (tertiary/aromatic N) is 2. The van der Waals surface area contributed by atoms with Crippen molar-refractivity contribution >= 4 is 11.9 Å². The molecule has 2 rings (SSSR count). The van der Waals surface area contributed by atoms with E-state index < -0.39 is 24.0 Å². The molecule has 0 spiro atoms.